The van der Waals surface area contributed by atoms with Crippen molar-refractivity contribution in [2.45, 2.75) is 0 Å². The Hall–Kier alpha value is -1.82. The Morgan fingerprint density at radius 1 is 1.57 bits per heavy atom. The summed E-state index contributed by atoms with van der Waals surface area (Å²) in [4.78, 5) is 20.3. The third-order valence-corrected chi connectivity index (χ3v) is 1.91. The van der Waals surface area contributed by atoms with E-state index in [4.69, 9.17) is 22.4 Å². The number of nitro groups is 1. The molecule has 7 heteroatoms. The van der Waals surface area contributed by atoms with E-state index in [1.165, 1.54) is 6.07 Å². The number of benzene rings is 1. The minimum Gasteiger partial charge on any atom is -0.477 e. The molecule has 6 nitrogen and oxygen atoms in total. The number of anilines is 1. The lowest BCUT2D eigenvalue weighted by Gasteiger charge is -2.03. The summed E-state index contributed by atoms with van der Waals surface area (Å²) in [7, 11) is 0. The van der Waals surface area contributed by atoms with Gasteiger partial charge in [0, 0.05) is 6.07 Å². The van der Waals surface area contributed by atoms with Crippen molar-refractivity contribution in [2.24, 2.45) is 0 Å². The lowest BCUT2D eigenvalue weighted by atomic mass is 10.1. The molecule has 0 spiro atoms. The van der Waals surface area contributed by atoms with E-state index in [9.17, 15) is 14.9 Å². The molecule has 0 amide bonds. The molecular formula is C7H5ClN2O4. The summed E-state index contributed by atoms with van der Waals surface area (Å²) >= 11 is 5.52. The van der Waals surface area contributed by atoms with Crippen molar-refractivity contribution < 1.29 is 14.8 Å². The molecule has 0 heterocycles. The van der Waals surface area contributed by atoms with Gasteiger partial charge in [0.05, 0.1) is 15.6 Å². The van der Waals surface area contributed by atoms with Gasteiger partial charge >= 0.3 is 5.97 Å². The van der Waals surface area contributed by atoms with Gasteiger partial charge in [-0.2, -0.15) is 0 Å². The van der Waals surface area contributed by atoms with Gasteiger partial charge in [-0.15, -0.1) is 0 Å². The summed E-state index contributed by atoms with van der Waals surface area (Å²) in [5, 5.41) is 19.1. The van der Waals surface area contributed by atoms with Crippen molar-refractivity contribution in [3.05, 3.63) is 32.8 Å². The van der Waals surface area contributed by atoms with E-state index >= 15 is 0 Å². The van der Waals surface area contributed by atoms with Gasteiger partial charge in [-0.05, 0) is 6.07 Å². The predicted molar refractivity (Wildman–Crippen MR) is 49.5 cm³/mol. The molecule has 1 aromatic rings. The number of rotatable bonds is 2. The topological polar surface area (TPSA) is 106 Å². The van der Waals surface area contributed by atoms with Gasteiger partial charge in [-0.1, -0.05) is 11.6 Å². The summed E-state index contributed by atoms with van der Waals surface area (Å²) in [6.07, 6.45) is 0. The molecule has 0 aliphatic rings. The Balaban J connectivity index is 3.53. The Morgan fingerprint density at radius 3 is 2.57 bits per heavy atom. The van der Waals surface area contributed by atoms with E-state index in [-0.39, 0.29) is 10.7 Å². The number of aromatic carboxylic acids is 1. The zero-order chi connectivity index (χ0) is 10.9. The second-order valence-electron chi connectivity index (χ2n) is 2.42. The fraction of sp³-hybridized carbons (Fsp3) is 0. The highest BCUT2D eigenvalue weighted by Gasteiger charge is 2.24. The maximum atomic E-state index is 10.7. The number of hydrogen-bond donors (Lipinski definition) is 2. The lowest BCUT2D eigenvalue weighted by molar-refractivity contribution is -0.385. The molecule has 3 N–H and O–H groups in total. The Morgan fingerprint density at radius 2 is 2.14 bits per heavy atom. The van der Waals surface area contributed by atoms with Gasteiger partial charge < -0.3 is 10.8 Å². The highest BCUT2D eigenvalue weighted by Crippen LogP contribution is 2.30. The molecule has 0 aliphatic carbocycles. The van der Waals surface area contributed by atoms with Crippen LogP contribution in [0.15, 0.2) is 12.1 Å². The average Bonchev–Trinajstić information content (AvgIpc) is 2.08. The maximum absolute atomic E-state index is 10.7. The third-order valence-electron chi connectivity index (χ3n) is 1.58. The highest BCUT2D eigenvalue weighted by atomic mass is 35.5. The van der Waals surface area contributed by atoms with E-state index in [1.54, 1.807) is 0 Å². The van der Waals surface area contributed by atoms with Crippen LogP contribution in [-0.4, -0.2) is 16.0 Å². The first-order valence-electron chi connectivity index (χ1n) is 3.40. The molecular weight excluding hydrogens is 212 g/mol. The van der Waals surface area contributed by atoms with Crippen LogP contribution in [0, 0.1) is 10.1 Å². The monoisotopic (exact) mass is 216 g/mol. The van der Waals surface area contributed by atoms with Crippen molar-refractivity contribution in [3.8, 4) is 0 Å². The van der Waals surface area contributed by atoms with Crippen LogP contribution in [0.4, 0.5) is 11.4 Å². The minimum atomic E-state index is -1.48. The largest absolute Gasteiger partial charge is 0.477 e. The molecule has 0 atom stereocenters. The van der Waals surface area contributed by atoms with Crippen molar-refractivity contribution in [1.82, 2.24) is 0 Å². The van der Waals surface area contributed by atoms with Crippen molar-refractivity contribution >= 4 is 28.9 Å². The number of halogens is 1. The molecule has 1 rings (SSSR count). The van der Waals surface area contributed by atoms with Crippen molar-refractivity contribution in [2.75, 3.05) is 5.73 Å². The van der Waals surface area contributed by atoms with E-state index in [1.807, 2.05) is 0 Å². The van der Waals surface area contributed by atoms with Crippen LogP contribution in [0.3, 0.4) is 0 Å². The van der Waals surface area contributed by atoms with Gasteiger partial charge in [-0.3, -0.25) is 10.1 Å². The molecule has 0 fully saturated rings. The zero-order valence-electron chi connectivity index (χ0n) is 6.73. The van der Waals surface area contributed by atoms with Gasteiger partial charge in [0.15, 0.2) is 5.56 Å². The summed E-state index contributed by atoms with van der Waals surface area (Å²) in [5.41, 5.74) is 3.86. The molecule has 0 aliphatic heterocycles. The fourth-order valence-corrected chi connectivity index (χ4v) is 1.12. The molecule has 14 heavy (non-hydrogen) atoms. The number of nitrogens with zero attached hydrogens (tertiary/aromatic N) is 1. The summed E-state index contributed by atoms with van der Waals surface area (Å²) < 4.78 is 0. The van der Waals surface area contributed by atoms with Crippen molar-refractivity contribution in [3.63, 3.8) is 0 Å². The lowest BCUT2D eigenvalue weighted by Crippen LogP contribution is -2.07. The van der Waals surface area contributed by atoms with Crippen LogP contribution in [0.1, 0.15) is 10.4 Å². The number of hydrogen-bond acceptors (Lipinski definition) is 4. The summed E-state index contributed by atoms with van der Waals surface area (Å²) in [5.74, 6) is -1.48. The molecule has 1 aromatic carbocycles. The summed E-state index contributed by atoms with van der Waals surface area (Å²) in [6.45, 7) is 0. The molecule has 0 unspecified atom stereocenters. The number of carboxylic acids is 1. The molecule has 0 saturated carbocycles. The van der Waals surface area contributed by atoms with Gasteiger partial charge in [0.25, 0.3) is 5.69 Å². The SMILES string of the molecule is Nc1c(Cl)ccc([N+](=O)[O-])c1C(=O)O. The van der Waals surface area contributed by atoms with E-state index in [2.05, 4.69) is 0 Å². The number of nitrogens with two attached hydrogens (primary N) is 1. The first kappa shape index (κ1) is 10.3. The zero-order valence-corrected chi connectivity index (χ0v) is 7.49. The second-order valence-corrected chi connectivity index (χ2v) is 2.82. The smallest absolute Gasteiger partial charge is 0.344 e. The Bertz CT molecular complexity index is 418. The number of carbonyl (C=O) groups is 1. The quantitative estimate of drug-likeness (QED) is 0.443. The van der Waals surface area contributed by atoms with E-state index in [0.29, 0.717) is 0 Å². The first-order chi connectivity index (χ1) is 6.45. The van der Waals surface area contributed by atoms with Crippen molar-refractivity contribution in [1.29, 1.82) is 0 Å². The molecule has 74 valence electrons. The van der Waals surface area contributed by atoms with Gasteiger partial charge in [0.1, 0.15) is 0 Å². The van der Waals surface area contributed by atoms with Crippen LogP contribution in [0.5, 0.6) is 0 Å². The molecule has 0 saturated heterocycles. The maximum Gasteiger partial charge on any atom is 0.344 e. The second kappa shape index (κ2) is 3.51. The van der Waals surface area contributed by atoms with Crippen LogP contribution in [-0.2, 0) is 0 Å². The molecule has 0 aromatic heterocycles. The normalized spacial score (nSPS) is 9.79. The van der Waals surface area contributed by atoms with E-state index < -0.39 is 22.1 Å². The fourth-order valence-electron chi connectivity index (χ4n) is 0.960. The number of carboxylic acid groups (broad SMARTS) is 1. The van der Waals surface area contributed by atoms with Crippen LogP contribution in [0.25, 0.3) is 0 Å². The van der Waals surface area contributed by atoms with Crippen LogP contribution < -0.4 is 5.73 Å². The number of nitrogen functional groups attached to an aromatic ring is 1. The van der Waals surface area contributed by atoms with Crippen LogP contribution in [0.2, 0.25) is 5.02 Å². The minimum absolute atomic E-state index is 0.0204. The molecule has 0 radical (unpaired) electrons. The molecule has 0 bridgehead atoms. The Labute approximate surface area is 83.0 Å². The average molecular weight is 217 g/mol. The number of nitro benzene ring substituents is 1. The highest BCUT2D eigenvalue weighted by molar-refractivity contribution is 6.34. The standard InChI is InChI=1S/C7H5ClN2O4/c8-3-1-2-4(10(13)14)5(6(3)9)7(11)12/h1-2H,9H2,(H,11,12). The predicted octanol–water partition coefficient (Wildman–Crippen LogP) is 1.53. The third kappa shape index (κ3) is 1.60. The van der Waals surface area contributed by atoms with Gasteiger partial charge in [-0.25, -0.2) is 4.79 Å². The Kier molecular flexibility index (Phi) is 2.57. The van der Waals surface area contributed by atoms with Gasteiger partial charge in [0.2, 0.25) is 0 Å². The van der Waals surface area contributed by atoms with E-state index in [0.717, 1.165) is 6.07 Å². The summed E-state index contributed by atoms with van der Waals surface area (Å²) in [6, 6.07) is 2.18. The first-order valence-corrected chi connectivity index (χ1v) is 3.78. The van der Waals surface area contributed by atoms with Crippen LogP contribution >= 0.6 is 11.6 Å².